The second kappa shape index (κ2) is 8.15. The first kappa shape index (κ1) is 16.0. The Morgan fingerprint density at radius 2 is 2.05 bits per heavy atom. The van der Waals surface area contributed by atoms with Gasteiger partial charge in [0.05, 0.1) is 12.5 Å². The van der Waals surface area contributed by atoms with Crippen LogP contribution in [0.4, 0.5) is 0 Å². The van der Waals surface area contributed by atoms with Gasteiger partial charge in [0.25, 0.3) is 0 Å². The maximum absolute atomic E-state index is 12.4. The number of ether oxygens (including phenoxy) is 1. The zero-order chi connectivity index (χ0) is 14.3. The number of nitrogens with zero attached hydrogens (tertiary/aromatic N) is 1. The Kier molecular flexibility index (Phi) is 6.84. The Hall–Kier alpha value is -1.10. The Balaban J connectivity index is 2.60. The van der Waals surface area contributed by atoms with E-state index < -0.39 is 5.97 Å². The van der Waals surface area contributed by atoms with E-state index in [0.29, 0.717) is 6.54 Å². The number of hydrogen-bond acceptors (Lipinski definition) is 3. The Labute approximate surface area is 114 Å². The maximum atomic E-state index is 12.4. The predicted molar refractivity (Wildman–Crippen MR) is 71.9 cm³/mol. The molecule has 0 radical (unpaired) electrons. The molecule has 0 aromatic heterocycles. The molecule has 1 amide bonds. The summed E-state index contributed by atoms with van der Waals surface area (Å²) < 4.78 is 5.55. The smallest absolute Gasteiger partial charge is 0.305 e. The van der Waals surface area contributed by atoms with Crippen LogP contribution in [-0.4, -0.2) is 47.7 Å². The minimum absolute atomic E-state index is 0.00138. The fourth-order valence-electron chi connectivity index (χ4n) is 2.45. The van der Waals surface area contributed by atoms with E-state index in [1.165, 1.54) is 0 Å². The molecule has 0 aliphatic carbocycles. The lowest BCUT2D eigenvalue weighted by atomic mass is 10.0. The predicted octanol–water partition coefficient (Wildman–Crippen LogP) is 1.90. The lowest BCUT2D eigenvalue weighted by Gasteiger charge is -2.28. The van der Waals surface area contributed by atoms with Gasteiger partial charge in [-0.25, -0.2) is 0 Å². The number of carboxylic acids is 1. The summed E-state index contributed by atoms with van der Waals surface area (Å²) in [6.45, 7) is 5.55. The van der Waals surface area contributed by atoms with Crippen LogP contribution in [0.3, 0.4) is 0 Å². The highest BCUT2D eigenvalue weighted by molar-refractivity contribution is 5.79. The number of carbonyl (C=O) groups excluding carboxylic acids is 1. The van der Waals surface area contributed by atoms with Gasteiger partial charge in [0.1, 0.15) is 0 Å². The fraction of sp³-hybridized carbons (Fsp3) is 0.857. The topological polar surface area (TPSA) is 66.8 Å². The van der Waals surface area contributed by atoms with Gasteiger partial charge in [-0.15, -0.1) is 0 Å². The molecule has 1 saturated heterocycles. The van der Waals surface area contributed by atoms with Crippen molar-refractivity contribution in [3.05, 3.63) is 0 Å². The van der Waals surface area contributed by atoms with Crippen molar-refractivity contribution >= 4 is 11.9 Å². The number of carbonyl (C=O) groups is 2. The van der Waals surface area contributed by atoms with Crippen molar-refractivity contribution in [1.29, 1.82) is 0 Å². The van der Waals surface area contributed by atoms with Gasteiger partial charge in [0.15, 0.2) is 0 Å². The van der Waals surface area contributed by atoms with Crippen LogP contribution in [0.5, 0.6) is 0 Å². The van der Waals surface area contributed by atoms with Gasteiger partial charge in [-0.05, 0) is 25.7 Å². The van der Waals surface area contributed by atoms with Gasteiger partial charge in [0, 0.05) is 25.6 Å². The Morgan fingerprint density at radius 1 is 1.37 bits per heavy atom. The van der Waals surface area contributed by atoms with Crippen LogP contribution >= 0.6 is 0 Å². The fourth-order valence-corrected chi connectivity index (χ4v) is 2.45. The molecule has 1 aliphatic heterocycles. The summed E-state index contributed by atoms with van der Waals surface area (Å²) in [7, 11) is 0. The zero-order valence-corrected chi connectivity index (χ0v) is 11.9. The Morgan fingerprint density at radius 3 is 2.53 bits per heavy atom. The molecule has 1 N–H and O–H groups in total. The third-order valence-electron chi connectivity index (χ3n) is 3.69. The molecule has 1 atom stereocenters. The molecule has 0 saturated carbocycles. The van der Waals surface area contributed by atoms with Crippen molar-refractivity contribution in [3.63, 3.8) is 0 Å². The molecular formula is C14H25NO4. The number of aliphatic carboxylic acids is 1. The molecule has 0 aromatic rings. The Bertz CT molecular complexity index is 296. The lowest BCUT2D eigenvalue weighted by molar-refractivity contribution is -0.140. The van der Waals surface area contributed by atoms with E-state index in [1.807, 2.05) is 13.8 Å². The summed E-state index contributed by atoms with van der Waals surface area (Å²) in [5.41, 5.74) is 0. The molecule has 19 heavy (non-hydrogen) atoms. The van der Waals surface area contributed by atoms with Gasteiger partial charge in [-0.2, -0.15) is 0 Å². The number of rotatable bonds is 8. The van der Waals surface area contributed by atoms with Crippen LogP contribution < -0.4 is 0 Å². The minimum Gasteiger partial charge on any atom is -0.481 e. The molecule has 1 rings (SSSR count). The average molecular weight is 271 g/mol. The molecule has 0 spiro atoms. The number of hydrogen-bond donors (Lipinski definition) is 1. The molecule has 0 aromatic carbocycles. The molecule has 1 fully saturated rings. The first-order valence-corrected chi connectivity index (χ1v) is 7.20. The van der Waals surface area contributed by atoms with Crippen LogP contribution in [0.15, 0.2) is 0 Å². The van der Waals surface area contributed by atoms with Crippen molar-refractivity contribution in [2.45, 2.75) is 52.1 Å². The number of carboxylic acid groups (broad SMARTS) is 1. The summed E-state index contributed by atoms with van der Waals surface area (Å²) in [5.74, 6) is -0.799. The third kappa shape index (κ3) is 5.19. The second-order valence-electron chi connectivity index (χ2n) is 5.08. The molecular weight excluding hydrogens is 246 g/mol. The van der Waals surface area contributed by atoms with Crippen LogP contribution in [0.1, 0.15) is 46.0 Å². The van der Waals surface area contributed by atoms with Crippen molar-refractivity contribution in [2.24, 2.45) is 5.92 Å². The summed E-state index contributed by atoms with van der Waals surface area (Å²) >= 11 is 0. The van der Waals surface area contributed by atoms with Gasteiger partial charge in [0.2, 0.25) is 5.91 Å². The monoisotopic (exact) mass is 271 g/mol. The summed E-state index contributed by atoms with van der Waals surface area (Å²) in [4.78, 5) is 24.8. The lowest BCUT2D eigenvalue weighted by Crippen LogP contribution is -2.41. The third-order valence-corrected chi connectivity index (χ3v) is 3.69. The highest BCUT2D eigenvalue weighted by Crippen LogP contribution is 2.17. The van der Waals surface area contributed by atoms with E-state index in [1.54, 1.807) is 4.90 Å². The van der Waals surface area contributed by atoms with Crippen molar-refractivity contribution in [3.8, 4) is 0 Å². The molecule has 110 valence electrons. The van der Waals surface area contributed by atoms with Crippen LogP contribution in [0.25, 0.3) is 0 Å². The first-order valence-electron chi connectivity index (χ1n) is 7.20. The van der Waals surface area contributed by atoms with E-state index in [4.69, 9.17) is 9.84 Å². The van der Waals surface area contributed by atoms with E-state index in [2.05, 4.69) is 0 Å². The molecule has 5 nitrogen and oxygen atoms in total. The summed E-state index contributed by atoms with van der Waals surface area (Å²) in [6, 6.07) is 0. The van der Waals surface area contributed by atoms with Crippen LogP contribution in [-0.2, 0) is 14.3 Å². The molecule has 1 aliphatic rings. The van der Waals surface area contributed by atoms with Crippen molar-refractivity contribution in [2.75, 3.05) is 19.7 Å². The molecule has 5 heteroatoms. The maximum Gasteiger partial charge on any atom is 0.305 e. The van der Waals surface area contributed by atoms with Crippen LogP contribution in [0.2, 0.25) is 0 Å². The van der Waals surface area contributed by atoms with Crippen molar-refractivity contribution in [1.82, 2.24) is 4.90 Å². The summed E-state index contributed by atoms with van der Waals surface area (Å²) in [6.07, 6.45) is 3.65. The van der Waals surface area contributed by atoms with Gasteiger partial charge < -0.3 is 14.7 Å². The van der Waals surface area contributed by atoms with Gasteiger partial charge >= 0.3 is 5.97 Å². The summed E-state index contributed by atoms with van der Waals surface area (Å²) in [5, 5.41) is 8.79. The van der Waals surface area contributed by atoms with Crippen molar-refractivity contribution < 1.29 is 19.4 Å². The van der Waals surface area contributed by atoms with E-state index in [9.17, 15) is 9.59 Å². The largest absolute Gasteiger partial charge is 0.481 e. The van der Waals surface area contributed by atoms with Gasteiger partial charge in [-0.1, -0.05) is 13.8 Å². The minimum atomic E-state index is -0.866. The normalized spacial score (nSPS) is 18.8. The van der Waals surface area contributed by atoms with E-state index in [-0.39, 0.29) is 30.9 Å². The van der Waals surface area contributed by atoms with Gasteiger partial charge in [-0.3, -0.25) is 9.59 Å². The molecule has 1 unspecified atom stereocenters. The van der Waals surface area contributed by atoms with E-state index in [0.717, 1.165) is 32.3 Å². The highest BCUT2D eigenvalue weighted by atomic mass is 16.5. The second-order valence-corrected chi connectivity index (χ2v) is 5.08. The first-order chi connectivity index (χ1) is 9.08. The van der Waals surface area contributed by atoms with E-state index >= 15 is 0 Å². The molecule has 1 heterocycles. The zero-order valence-electron chi connectivity index (χ0n) is 11.9. The van der Waals surface area contributed by atoms with Crippen LogP contribution in [0, 0.1) is 5.92 Å². The highest BCUT2D eigenvalue weighted by Gasteiger charge is 2.26. The average Bonchev–Trinajstić information content (AvgIpc) is 2.88. The quantitative estimate of drug-likeness (QED) is 0.732. The standard InChI is InChI=1S/C14H25NO4/c1-3-11(4-2)14(18)15(8-7-13(16)17)10-12-6-5-9-19-12/h11-12H,3-10H2,1-2H3,(H,16,17). The molecule has 0 bridgehead atoms. The number of amides is 1. The SMILES string of the molecule is CCC(CC)C(=O)N(CCC(=O)O)CC1CCCO1.